The summed E-state index contributed by atoms with van der Waals surface area (Å²) in [7, 11) is 0. The predicted molar refractivity (Wildman–Crippen MR) is 138 cm³/mol. The number of nitrogens with one attached hydrogen (secondary N) is 1. The van der Waals surface area contributed by atoms with Crippen LogP contribution >= 0.6 is 11.6 Å². The van der Waals surface area contributed by atoms with E-state index >= 15 is 0 Å². The number of ether oxygens (including phenoxy) is 1. The Morgan fingerprint density at radius 2 is 1.78 bits per heavy atom. The van der Waals surface area contributed by atoms with Crippen molar-refractivity contribution in [1.82, 2.24) is 19.3 Å². The number of nitrogens with zero attached hydrogens (tertiary/aromatic N) is 4. The van der Waals surface area contributed by atoms with E-state index in [1.165, 1.54) is 11.6 Å². The van der Waals surface area contributed by atoms with Crippen molar-refractivity contribution < 1.29 is 9.53 Å². The standard InChI is InChI=1S/C27H20ClN5O3/c1-18(34)31-22-4-2-3-20(15-22)19-5-11-24(12-6-19)36-26-25(32-14-13-29-17-32)16-30-33(27(26)35)23-9-7-21(28)8-10-23/h2-17H,1H3,(H,31,34). The van der Waals surface area contributed by atoms with Gasteiger partial charge < -0.3 is 14.6 Å². The third-order valence-corrected chi connectivity index (χ3v) is 5.61. The Hall–Kier alpha value is -4.69. The average Bonchev–Trinajstić information content (AvgIpc) is 3.41. The minimum atomic E-state index is -0.435. The van der Waals surface area contributed by atoms with Crippen LogP contribution < -0.4 is 15.6 Å². The van der Waals surface area contributed by atoms with E-state index in [4.69, 9.17) is 16.3 Å². The van der Waals surface area contributed by atoms with E-state index in [0.29, 0.717) is 27.8 Å². The van der Waals surface area contributed by atoms with Gasteiger partial charge in [-0.25, -0.2) is 4.98 Å². The largest absolute Gasteiger partial charge is 0.449 e. The smallest absolute Gasteiger partial charge is 0.316 e. The van der Waals surface area contributed by atoms with Crippen LogP contribution in [0.4, 0.5) is 5.69 Å². The molecular formula is C27H20ClN5O3. The summed E-state index contributed by atoms with van der Waals surface area (Å²) >= 11 is 6.00. The number of hydrogen-bond acceptors (Lipinski definition) is 5. The van der Waals surface area contributed by atoms with Crippen molar-refractivity contribution in [2.45, 2.75) is 6.92 Å². The number of carbonyl (C=O) groups is 1. The van der Waals surface area contributed by atoms with Gasteiger partial charge in [-0.2, -0.15) is 9.78 Å². The first kappa shape index (κ1) is 23.1. The quantitative estimate of drug-likeness (QED) is 0.335. The first-order valence-electron chi connectivity index (χ1n) is 11.0. The zero-order valence-corrected chi connectivity index (χ0v) is 19.9. The maximum Gasteiger partial charge on any atom is 0.316 e. The molecule has 0 bridgehead atoms. The molecule has 0 aliphatic heterocycles. The van der Waals surface area contributed by atoms with Crippen LogP contribution in [-0.4, -0.2) is 25.2 Å². The van der Waals surface area contributed by atoms with E-state index in [2.05, 4.69) is 15.4 Å². The van der Waals surface area contributed by atoms with Crippen molar-refractivity contribution in [1.29, 1.82) is 0 Å². The average molecular weight is 498 g/mol. The zero-order valence-electron chi connectivity index (χ0n) is 19.1. The SMILES string of the molecule is CC(=O)Nc1cccc(-c2ccc(Oc3c(-n4ccnc4)cnn(-c4ccc(Cl)cc4)c3=O)cc2)c1. The first-order chi connectivity index (χ1) is 17.5. The summed E-state index contributed by atoms with van der Waals surface area (Å²) in [5.41, 5.74) is 3.15. The molecule has 1 N–H and O–H groups in total. The van der Waals surface area contributed by atoms with Gasteiger partial charge in [0, 0.05) is 30.0 Å². The highest BCUT2D eigenvalue weighted by Gasteiger charge is 2.17. The Bertz CT molecular complexity index is 1580. The van der Waals surface area contributed by atoms with Gasteiger partial charge in [0.2, 0.25) is 11.7 Å². The van der Waals surface area contributed by atoms with E-state index in [9.17, 15) is 9.59 Å². The van der Waals surface area contributed by atoms with E-state index in [1.807, 2.05) is 36.4 Å². The van der Waals surface area contributed by atoms with E-state index in [-0.39, 0.29) is 11.7 Å². The molecule has 0 saturated carbocycles. The van der Waals surface area contributed by atoms with Crippen molar-refractivity contribution in [3.63, 3.8) is 0 Å². The summed E-state index contributed by atoms with van der Waals surface area (Å²) in [5.74, 6) is 0.439. The number of benzene rings is 3. The Morgan fingerprint density at radius 1 is 1.00 bits per heavy atom. The van der Waals surface area contributed by atoms with E-state index in [0.717, 1.165) is 11.1 Å². The Morgan fingerprint density at radius 3 is 2.47 bits per heavy atom. The third-order valence-electron chi connectivity index (χ3n) is 5.36. The Labute approximate surface area is 211 Å². The highest BCUT2D eigenvalue weighted by molar-refractivity contribution is 6.30. The molecule has 0 fully saturated rings. The van der Waals surface area contributed by atoms with Crippen LogP contribution in [-0.2, 0) is 4.79 Å². The van der Waals surface area contributed by atoms with Crippen LogP contribution in [0.5, 0.6) is 11.5 Å². The molecule has 178 valence electrons. The van der Waals surface area contributed by atoms with Gasteiger partial charge in [0.15, 0.2) is 0 Å². The lowest BCUT2D eigenvalue weighted by atomic mass is 10.0. The van der Waals surface area contributed by atoms with Gasteiger partial charge >= 0.3 is 5.56 Å². The van der Waals surface area contributed by atoms with E-state index in [1.54, 1.807) is 65.9 Å². The summed E-state index contributed by atoms with van der Waals surface area (Å²) in [5, 5.41) is 7.66. The second kappa shape index (κ2) is 9.89. The van der Waals surface area contributed by atoms with Gasteiger partial charge in [0.05, 0.1) is 18.2 Å². The molecule has 0 unspecified atom stereocenters. The molecule has 36 heavy (non-hydrogen) atoms. The molecule has 0 spiro atoms. The van der Waals surface area contributed by atoms with Crippen molar-refractivity contribution in [3.8, 4) is 34.0 Å². The molecule has 2 heterocycles. The maximum absolute atomic E-state index is 13.5. The van der Waals surface area contributed by atoms with Crippen LogP contribution in [0.3, 0.4) is 0 Å². The fourth-order valence-electron chi connectivity index (χ4n) is 3.69. The van der Waals surface area contributed by atoms with Gasteiger partial charge in [-0.1, -0.05) is 35.9 Å². The van der Waals surface area contributed by atoms with Crippen LogP contribution in [0.15, 0.2) is 103 Å². The minimum absolute atomic E-state index is 0.0957. The maximum atomic E-state index is 13.5. The first-order valence-corrected chi connectivity index (χ1v) is 11.4. The predicted octanol–water partition coefficient (Wildman–Crippen LogP) is 5.49. The molecule has 0 radical (unpaired) electrons. The van der Waals surface area contributed by atoms with Crippen molar-refractivity contribution >= 4 is 23.2 Å². The van der Waals surface area contributed by atoms with Crippen LogP contribution in [0.2, 0.25) is 5.02 Å². The molecule has 0 atom stereocenters. The number of aromatic nitrogens is 4. The lowest BCUT2D eigenvalue weighted by Gasteiger charge is -2.14. The summed E-state index contributed by atoms with van der Waals surface area (Å²) < 4.78 is 9.03. The van der Waals surface area contributed by atoms with Gasteiger partial charge in [0.25, 0.3) is 0 Å². The molecule has 0 aliphatic carbocycles. The van der Waals surface area contributed by atoms with Gasteiger partial charge in [0.1, 0.15) is 11.4 Å². The summed E-state index contributed by atoms with van der Waals surface area (Å²) in [6.45, 7) is 1.47. The zero-order chi connectivity index (χ0) is 25.1. The van der Waals surface area contributed by atoms with Gasteiger partial charge in [-0.15, -0.1) is 0 Å². The van der Waals surface area contributed by atoms with Crippen LogP contribution in [0, 0.1) is 0 Å². The van der Waals surface area contributed by atoms with Gasteiger partial charge in [-0.05, 0) is 59.7 Å². The van der Waals surface area contributed by atoms with Crippen molar-refractivity contribution in [2.24, 2.45) is 0 Å². The van der Waals surface area contributed by atoms with Gasteiger partial charge in [-0.3, -0.25) is 9.59 Å². The number of carbonyl (C=O) groups excluding carboxylic acids is 1. The molecule has 0 saturated heterocycles. The van der Waals surface area contributed by atoms with E-state index < -0.39 is 5.56 Å². The second-order valence-electron chi connectivity index (χ2n) is 7.91. The summed E-state index contributed by atoms with van der Waals surface area (Å²) in [6, 6.07) is 21.7. The minimum Gasteiger partial charge on any atom is -0.449 e. The van der Waals surface area contributed by atoms with Crippen LogP contribution in [0.25, 0.3) is 22.5 Å². The molecule has 0 aliphatic rings. The monoisotopic (exact) mass is 497 g/mol. The molecular weight excluding hydrogens is 478 g/mol. The number of halogens is 1. The lowest BCUT2D eigenvalue weighted by molar-refractivity contribution is -0.114. The molecule has 2 aromatic heterocycles. The number of hydrogen-bond donors (Lipinski definition) is 1. The Balaban J connectivity index is 1.50. The number of anilines is 1. The second-order valence-corrected chi connectivity index (χ2v) is 8.35. The van der Waals surface area contributed by atoms with Crippen molar-refractivity contribution in [3.05, 3.63) is 113 Å². The highest BCUT2D eigenvalue weighted by atomic mass is 35.5. The number of amides is 1. The van der Waals surface area contributed by atoms with Crippen LogP contribution in [0.1, 0.15) is 6.92 Å². The fourth-order valence-corrected chi connectivity index (χ4v) is 3.82. The number of imidazole rings is 1. The topological polar surface area (TPSA) is 91.0 Å². The molecule has 3 aromatic carbocycles. The van der Waals surface area contributed by atoms with Crippen molar-refractivity contribution in [2.75, 3.05) is 5.32 Å². The molecule has 8 nitrogen and oxygen atoms in total. The summed E-state index contributed by atoms with van der Waals surface area (Å²) in [6.07, 6.45) is 6.44. The fraction of sp³-hybridized carbons (Fsp3) is 0.0370. The number of rotatable bonds is 6. The lowest BCUT2D eigenvalue weighted by Crippen LogP contribution is -2.23. The molecule has 5 rings (SSSR count). The third kappa shape index (κ3) is 4.89. The molecule has 1 amide bonds. The molecule has 5 aromatic rings. The Kier molecular flexibility index (Phi) is 6.34. The molecule has 9 heteroatoms. The normalized spacial score (nSPS) is 10.7. The highest BCUT2D eigenvalue weighted by Crippen LogP contribution is 2.29. The summed E-state index contributed by atoms with van der Waals surface area (Å²) in [4.78, 5) is 28.9.